The number of phenols is 2. The Labute approximate surface area is 344 Å². The Balaban J connectivity index is 0.000000153. The van der Waals surface area contributed by atoms with Crippen molar-refractivity contribution in [1.82, 2.24) is 30.2 Å². The van der Waals surface area contributed by atoms with E-state index >= 15 is 0 Å². The third-order valence-electron chi connectivity index (χ3n) is 9.70. The van der Waals surface area contributed by atoms with Crippen LogP contribution in [0.3, 0.4) is 0 Å². The molecule has 0 bridgehead atoms. The van der Waals surface area contributed by atoms with Crippen LogP contribution in [-0.2, 0) is 4.74 Å². The lowest BCUT2D eigenvalue weighted by atomic mass is 10.1. The SMILES string of the molecule is CC(C)(C)OC(=O)N1CCCCC(N)C1.Oc1ccccc1-c1nc(Cl)c2ccccc2n1.Oc1ccccc1-c1nc(NC2CCCCNC2)c2ccccc2n1. The maximum absolute atomic E-state index is 11.8. The van der Waals surface area contributed by atoms with Gasteiger partial charge < -0.3 is 36.2 Å². The lowest BCUT2D eigenvalue weighted by Crippen LogP contribution is -2.42. The summed E-state index contributed by atoms with van der Waals surface area (Å²) in [6.45, 7) is 9.03. The fraction of sp³-hybridized carbons (Fsp3) is 0.356. The van der Waals surface area contributed by atoms with Gasteiger partial charge in [-0.15, -0.1) is 0 Å². The van der Waals surface area contributed by atoms with Crippen molar-refractivity contribution in [2.24, 2.45) is 5.73 Å². The molecule has 8 rings (SSSR count). The first kappa shape index (κ1) is 42.1. The van der Waals surface area contributed by atoms with Gasteiger partial charge in [-0.1, -0.05) is 73.0 Å². The number of anilines is 1. The van der Waals surface area contributed by atoms with Crippen LogP contribution in [0.15, 0.2) is 97.1 Å². The molecule has 2 aromatic heterocycles. The van der Waals surface area contributed by atoms with E-state index in [2.05, 4.69) is 25.6 Å². The molecule has 2 aliphatic heterocycles. The molecule has 4 aromatic carbocycles. The second-order valence-corrected chi connectivity index (χ2v) is 15.9. The van der Waals surface area contributed by atoms with Crippen LogP contribution in [0.2, 0.25) is 5.15 Å². The molecule has 2 unspecified atom stereocenters. The average molecular weight is 805 g/mol. The minimum Gasteiger partial charge on any atom is -0.507 e. The second kappa shape index (κ2) is 19.7. The number of hydrogen-bond donors (Lipinski definition) is 5. The standard InChI is InChI=1S/C20H22N4O.C14H9ClN2O.C11H22N2O2/c25-18-11-4-2-9-16(18)20-23-17-10-3-1-8-15(17)19(24-20)22-14-7-5-6-12-21-13-14;15-13-9-5-1-3-7-11(9)16-14(17-13)10-6-2-4-8-12(10)18;1-11(2,3)15-10(14)13-7-5-4-6-9(12)8-13/h1-4,8-11,14,21,25H,5-7,12-13H2,(H,22,23,24);1-8,18H;9H,4-8,12H2,1-3H3. The number of nitrogens with two attached hydrogens (primary N) is 1. The molecule has 13 heteroatoms. The summed E-state index contributed by atoms with van der Waals surface area (Å²) in [5.74, 6) is 2.14. The number of rotatable bonds is 4. The van der Waals surface area contributed by atoms with Crippen molar-refractivity contribution >= 4 is 45.3 Å². The smallest absolute Gasteiger partial charge is 0.410 e. The Morgan fingerprint density at radius 2 is 1.34 bits per heavy atom. The van der Waals surface area contributed by atoms with Gasteiger partial charge in [-0.3, -0.25) is 0 Å². The van der Waals surface area contributed by atoms with Gasteiger partial charge in [-0.25, -0.2) is 24.7 Å². The number of aromatic nitrogens is 4. The van der Waals surface area contributed by atoms with Gasteiger partial charge in [0.1, 0.15) is 28.1 Å². The number of amides is 1. The van der Waals surface area contributed by atoms with Gasteiger partial charge in [0, 0.05) is 42.5 Å². The molecule has 12 nitrogen and oxygen atoms in total. The number of likely N-dealkylation sites (tertiary alicyclic amines) is 1. The number of benzene rings is 4. The molecular weight excluding hydrogens is 752 g/mol. The summed E-state index contributed by atoms with van der Waals surface area (Å²) in [6, 6.07) is 30.1. The highest BCUT2D eigenvalue weighted by Gasteiger charge is 2.25. The predicted molar refractivity (Wildman–Crippen MR) is 232 cm³/mol. The van der Waals surface area contributed by atoms with E-state index in [1.165, 1.54) is 12.8 Å². The predicted octanol–water partition coefficient (Wildman–Crippen LogP) is 8.95. The first-order valence-corrected chi connectivity index (χ1v) is 20.3. The highest BCUT2D eigenvalue weighted by atomic mass is 35.5. The Morgan fingerprint density at radius 1 is 0.776 bits per heavy atom. The number of halogens is 1. The summed E-state index contributed by atoms with van der Waals surface area (Å²) in [6.07, 6.45) is 6.43. The van der Waals surface area contributed by atoms with Gasteiger partial charge >= 0.3 is 6.09 Å². The second-order valence-electron chi connectivity index (χ2n) is 15.5. The van der Waals surface area contributed by atoms with E-state index in [-0.39, 0.29) is 23.6 Å². The van der Waals surface area contributed by atoms with Crippen molar-refractivity contribution < 1.29 is 19.7 Å². The van der Waals surface area contributed by atoms with Crippen LogP contribution >= 0.6 is 11.6 Å². The first-order valence-electron chi connectivity index (χ1n) is 19.9. The first-order chi connectivity index (χ1) is 27.9. The van der Waals surface area contributed by atoms with Crippen molar-refractivity contribution in [2.45, 2.75) is 77.0 Å². The molecule has 58 heavy (non-hydrogen) atoms. The van der Waals surface area contributed by atoms with Crippen LogP contribution in [0.4, 0.5) is 10.6 Å². The topological polar surface area (TPSA) is 172 Å². The molecule has 0 spiro atoms. The van der Waals surface area contributed by atoms with Crippen LogP contribution < -0.4 is 16.4 Å². The number of carbonyl (C=O) groups is 1. The number of carbonyl (C=O) groups excluding carboxylic acids is 1. The monoisotopic (exact) mass is 804 g/mol. The molecule has 0 radical (unpaired) electrons. The number of phenolic OH excluding ortho intramolecular Hbond substituents is 2. The van der Waals surface area contributed by atoms with E-state index in [4.69, 9.17) is 27.1 Å². The van der Waals surface area contributed by atoms with Crippen molar-refractivity contribution in [2.75, 3.05) is 31.5 Å². The van der Waals surface area contributed by atoms with Crippen LogP contribution in [0, 0.1) is 0 Å². The number of nitrogens with zero attached hydrogens (tertiary/aromatic N) is 5. The summed E-state index contributed by atoms with van der Waals surface area (Å²) in [5, 5.41) is 29.2. The summed E-state index contributed by atoms with van der Waals surface area (Å²) in [4.78, 5) is 31.5. The van der Waals surface area contributed by atoms with Gasteiger partial charge in [0.15, 0.2) is 11.6 Å². The van der Waals surface area contributed by atoms with E-state index in [1.807, 2.05) is 87.5 Å². The zero-order chi connectivity index (χ0) is 41.1. The fourth-order valence-corrected chi connectivity index (χ4v) is 7.03. The molecule has 2 atom stereocenters. The molecule has 0 aliphatic carbocycles. The molecule has 6 aromatic rings. The molecule has 4 heterocycles. The third-order valence-corrected chi connectivity index (χ3v) is 9.99. The van der Waals surface area contributed by atoms with Gasteiger partial charge in [-0.05, 0) is 102 Å². The van der Waals surface area contributed by atoms with Gasteiger partial charge in [0.25, 0.3) is 0 Å². The highest BCUT2D eigenvalue weighted by Crippen LogP contribution is 2.31. The van der Waals surface area contributed by atoms with E-state index in [1.54, 1.807) is 35.2 Å². The van der Waals surface area contributed by atoms with Gasteiger partial charge in [0.2, 0.25) is 0 Å². The fourth-order valence-electron chi connectivity index (χ4n) is 6.79. The van der Waals surface area contributed by atoms with Crippen LogP contribution in [0.1, 0.15) is 59.3 Å². The number of aromatic hydroxyl groups is 2. The van der Waals surface area contributed by atoms with Crippen molar-refractivity contribution in [3.63, 3.8) is 0 Å². The molecule has 6 N–H and O–H groups in total. The molecular formula is C45H53ClN8O4. The maximum atomic E-state index is 11.8. The normalized spacial score (nSPS) is 17.2. The largest absolute Gasteiger partial charge is 0.507 e. The average Bonchev–Trinajstić information content (AvgIpc) is 3.60. The van der Waals surface area contributed by atoms with E-state index in [0.29, 0.717) is 40.5 Å². The number of fused-ring (bicyclic) bond motifs is 2. The van der Waals surface area contributed by atoms with Crippen molar-refractivity contribution in [3.05, 3.63) is 102 Å². The van der Waals surface area contributed by atoms with Crippen LogP contribution in [0.5, 0.6) is 11.5 Å². The van der Waals surface area contributed by atoms with Crippen molar-refractivity contribution in [3.8, 4) is 34.3 Å². The number of nitrogens with one attached hydrogen (secondary N) is 2. The Bertz CT molecular complexity index is 2290. The van der Waals surface area contributed by atoms with Gasteiger partial charge in [-0.2, -0.15) is 0 Å². The summed E-state index contributed by atoms with van der Waals surface area (Å²) in [7, 11) is 0. The van der Waals surface area contributed by atoms with Crippen LogP contribution in [0.25, 0.3) is 44.6 Å². The van der Waals surface area contributed by atoms with E-state index in [9.17, 15) is 15.0 Å². The maximum Gasteiger partial charge on any atom is 0.410 e. The minimum atomic E-state index is -0.423. The zero-order valence-electron chi connectivity index (χ0n) is 33.4. The Morgan fingerprint density at radius 3 is 2.00 bits per heavy atom. The molecule has 1 amide bonds. The zero-order valence-corrected chi connectivity index (χ0v) is 34.1. The quantitative estimate of drug-likeness (QED) is 0.108. The summed E-state index contributed by atoms with van der Waals surface area (Å²) < 4.78 is 5.31. The molecule has 2 fully saturated rings. The number of para-hydroxylation sites is 4. The molecule has 2 saturated heterocycles. The minimum absolute atomic E-state index is 0.0972. The van der Waals surface area contributed by atoms with Gasteiger partial charge in [0.05, 0.1) is 22.2 Å². The molecule has 2 aliphatic rings. The lowest BCUT2D eigenvalue weighted by Gasteiger charge is -2.27. The summed E-state index contributed by atoms with van der Waals surface area (Å²) >= 11 is 6.13. The lowest BCUT2D eigenvalue weighted by molar-refractivity contribution is 0.0249. The van der Waals surface area contributed by atoms with E-state index < -0.39 is 5.60 Å². The van der Waals surface area contributed by atoms with Crippen molar-refractivity contribution in [1.29, 1.82) is 0 Å². The molecule has 304 valence electrons. The Hall–Kier alpha value is -5.56. The highest BCUT2D eigenvalue weighted by molar-refractivity contribution is 6.34. The number of ether oxygens (including phenoxy) is 1. The molecule has 0 saturated carbocycles. The third kappa shape index (κ3) is 11.5. The van der Waals surface area contributed by atoms with Crippen LogP contribution in [-0.4, -0.2) is 85.0 Å². The van der Waals surface area contributed by atoms with E-state index in [0.717, 1.165) is 72.9 Å². The summed E-state index contributed by atoms with van der Waals surface area (Å²) in [5.41, 5.74) is 8.31. The number of hydrogen-bond acceptors (Lipinski definition) is 11. The Kier molecular flexibility index (Phi) is 14.3.